The van der Waals surface area contributed by atoms with Crippen LogP contribution in [0.2, 0.25) is 0 Å². The number of hydrogen-bond acceptors (Lipinski definition) is 5. The molecule has 3 heterocycles. The number of fused-ring (bicyclic) bond motifs is 1. The molecule has 1 saturated heterocycles. The van der Waals surface area contributed by atoms with E-state index >= 15 is 0 Å². The van der Waals surface area contributed by atoms with Crippen molar-refractivity contribution in [3.8, 4) is 11.5 Å². The van der Waals surface area contributed by atoms with Gasteiger partial charge in [0.05, 0.1) is 14.2 Å². The van der Waals surface area contributed by atoms with Crippen molar-refractivity contribution in [2.45, 2.75) is 39.2 Å². The topological polar surface area (TPSA) is 71.9 Å². The van der Waals surface area contributed by atoms with Gasteiger partial charge >= 0.3 is 0 Å². The van der Waals surface area contributed by atoms with Crippen LogP contribution in [0.25, 0.3) is 5.65 Å². The van der Waals surface area contributed by atoms with Crippen LogP contribution < -0.4 is 15.0 Å². The molecule has 1 aliphatic rings. The van der Waals surface area contributed by atoms with E-state index < -0.39 is 0 Å². The van der Waals surface area contributed by atoms with E-state index in [0.29, 0.717) is 18.0 Å². The first kappa shape index (κ1) is 19.5. The molecule has 7 heteroatoms. The van der Waals surface area contributed by atoms with Crippen LogP contribution >= 0.6 is 0 Å². The molecule has 7 nitrogen and oxygen atoms in total. The van der Waals surface area contributed by atoms with Crippen LogP contribution in [-0.4, -0.2) is 46.8 Å². The largest absolute Gasteiger partial charge is 0.497 e. The Kier molecular flexibility index (Phi) is 5.32. The van der Waals surface area contributed by atoms with E-state index in [4.69, 9.17) is 9.47 Å². The average molecular weight is 396 g/mol. The van der Waals surface area contributed by atoms with E-state index in [1.165, 1.54) is 5.56 Å². The van der Waals surface area contributed by atoms with Crippen molar-refractivity contribution in [1.82, 2.24) is 19.5 Å². The first-order chi connectivity index (χ1) is 14.0. The molecule has 154 valence electrons. The standard InChI is InChI=1S/C22H28N4O3/c1-5-19-14(2)23-21-11-20(24-26(21)22(19)27)16-6-7-25(13-16)12-15-8-17(28-3)10-18(9-15)29-4/h8-11,16,24H,5-7,12-13H2,1-4H3/t16-/m0/s1. The Bertz CT molecular complexity index is 1060. The monoisotopic (exact) mass is 396 g/mol. The molecule has 0 amide bonds. The van der Waals surface area contributed by atoms with Gasteiger partial charge in [-0.1, -0.05) is 6.92 Å². The maximum Gasteiger partial charge on any atom is 0.276 e. The molecule has 1 N–H and O–H groups in total. The number of ether oxygens (including phenoxy) is 2. The number of methoxy groups -OCH3 is 2. The van der Waals surface area contributed by atoms with E-state index in [9.17, 15) is 4.79 Å². The number of hydrogen-bond donors (Lipinski definition) is 1. The minimum atomic E-state index is 0.0135. The van der Waals surface area contributed by atoms with Crippen molar-refractivity contribution in [2.24, 2.45) is 0 Å². The molecule has 0 aliphatic carbocycles. The van der Waals surface area contributed by atoms with Crippen molar-refractivity contribution in [2.75, 3.05) is 27.3 Å². The van der Waals surface area contributed by atoms with Gasteiger partial charge in [-0.2, -0.15) is 0 Å². The second kappa shape index (κ2) is 7.91. The normalized spacial score (nSPS) is 17.2. The number of aromatic nitrogens is 3. The average Bonchev–Trinajstić information content (AvgIpc) is 3.35. The Morgan fingerprint density at radius 2 is 1.90 bits per heavy atom. The Morgan fingerprint density at radius 1 is 1.17 bits per heavy atom. The van der Waals surface area contributed by atoms with E-state index in [0.717, 1.165) is 54.5 Å². The Balaban J connectivity index is 1.53. The fourth-order valence-corrected chi connectivity index (χ4v) is 4.25. The zero-order valence-electron chi connectivity index (χ0n) is 17.5. The van der Waals surface area contributed by atoms with E-state index in [1.807, 2.05) is 26.0 Å². The summed E-state index contributed by atoms with van der Waals surface area (Å²) < 4.78 is 12.4. The van der Waals surface area contributed by atoms with E-state index in [1.54, 1.807) is 18.7 Å². The first-order valence-corrected chi connectivity index (χ1v) is 10.1. The lowest BCUT2D eigenvalue weighted by molar-refractivity contribution is 0.323. The molecular weight excluding hydrogens is 368 g/mol. The minimum absolute atomic E-state index is 0.0135. The summed E-state index contributed by atoms with van der Waals surface area (Å²) in [4.78, 5) is 19.7. The Hall–Kier alpha value is -2.80. The third-order valence-electron chi connectivity index (χ3n) is 5.82. The second-order valence-electron chi connectivity index (χ2n) is 7.68. The quantitative estimate of drug-likeness (QED) is 0.694. The molecule has 29 heavy (non-hydrogen) atoms. The molecule has 3 aromatic rings. The van der Waals surface area contributed by atoms with Gasteiger partial charge in [-0.05, 0) is 44.0 Å². The molecule has 0 unspecified atom stereocenters. The Labute approximate surface area is 170 Å². The number of H-pyrrole nitrogens is 1. The van der Waals surface area contributed by atoms with Gasteiger partial charge in [-0.3, -0.25) is 14.8 Å². The van der Waals surface area contributed by atoms with Crippen molar-refractivity contribution < 1.29 is 9.47 Å². The van der Waals surface area contributed by atoms with E-state index in [2.05, 4.69) is 27.1 Å². The Morgan fingerprint density at radius 3 is 2.55 bits per heavy atom. The second-order valence-corrected chi connectivity index (χ2v) is 7.68. The van der Waals surface area contributed by atoms with Gasteiger partial charge in [0.25, 0.3) is 5.56 Å². The number of benzene rings is 1. The lowest BCUT2D eigenvalue weighted by atomic mass is 10.1. The van der Waals surface area contributed by atoms with Gasteiger partial charge in [0.15, 0.2) is 5.65 Å². The number of likely N-dealkylation sites (tertiary alicyclic amines) is 1. The number of rotatable bonds is 6. The highest BCUT2D eigenvalue weighted by Gasteiger charge is 2.26. The van der Waals surface area contributed by atoms with Gasteiger partial charge in [0.1, 0.15) is 11.5 Å². The zero-order chi connectivity index (χ0) is 20.5. The molecular formula is C22H28N4O3. The molecule has 4 rings (SSSR count). The third kappa shape index (κ3) is 3.74. The van der Waals surface area contributed by atoms with Gasteiger partial charge < -0.3 is 9.47 Å². The number of nitrogens with zero attached hydrogens (tertiary/aromatic N) is 3. The highest BCUT2D eigenvalue weighted by atomic mass is 16.5. The summed E-state index contributed by atoms with van der Waals surface area (Å²) in [7, 11) is 3.34. The lowest BCUT2D eigenvalue weighted by Crippen LogP contribution is -2.22. The van der Waals surface area contributed by atoms with Crippen LogP contribution in [0.3, 0.4) is 0 Å². The molecule has 0 spiro atoms. The van der Waals surface area contributed by atoms with Gasteiger partial charge in [-0.25, -0.2) is 9.50 Å². The molecule has 0 saturated carbocycles. The lowest BCUT2D eigenvalue weighted by Gasteiger charge is -2.17. The van der Waals surface area contributed by atoms with Gasteiger partial charge in [0.2, 0.25) is 0 Å². The predicted molar refractivity (Wildman–Crippen MR) is 112 cm³/mol. The predicted octanol–water partition coefficient (Wildman–Crippen LogP) is 2.90. The molecule has 2 aromatic heterocycles. The smallest absolute Gasteiger partial charge is 0.276 e. The molecule has 1 atom stereocenters. The summed E-state index contributed by atoms with van der Waals surface area (Å²) in [6, 6.07) is 8.02. The summed E-state index contributed by atoms with van der Waals surface area (Å²) >= 11 is 0. The molecule has 1 fully saturated rings. The number of aryl methyl sites for hydroxylation is 1. The van der Waals surface area contributed by atoms with Crippen molar-refractivity contribution >= 4 is 5.65 Å². The molecule has 1 aromatic carbocycles. The SMILES string of the molecule is CCc1c(C)nc2cc([C@H]3CCN(Cc4cc(OC)cc(OC)c4)C3)[nH]n2c1=O. The van der Waals surface area contributed by atoms with Crippen molar-refractivity contribution in [3.63, 3.8) is 0 Å². The highest BCUT2D eigenvalue weighted by molar-refractivity contribution is 5.43. The number of nitrogens with one attached hydrogen (secondary N) is 1. The molecule has 0 bridgehead atoms. The molecule has 0 radical (unpaired) electrons. The first-order valence-electron chi connectivity index (χ1n) is 10.1. The van der Waals surface area contributed by atoms with Crippen LogP contribution in [-0.2, 0) is 13.0 Å². The summed E-state index contributed by atoms with van der Waals surface area (Å²) in [5.41, 5.74) is 4.56. The van der Waals surface area contributed by atoms with Crippen LogP contribution in [0.1, 0.15) is 41.8 Å². The van der Waals surface area contributed by atoms with Crippen LogP contribution in [0.5, 0.6) is 11.5 Å². The van der Waals surface area contributed by atoms with Crippen molar-refractivity contribution in [3.05, 3.63) is 57.1 Å². The van der Waals surface area contributed by atoms with Crippen LogP contribution in [0.15, 0.2) is 29.1 Å². The van der Waals surface area contributed by atoms with Gasteiger partial charge in [0, 0.05) is 48.1 Å². The maximum atomic E-state index is 12.7. The maximum absolute atomic E-state index is 12.7. The summed E-state index contributed by atoms with van der Waals surface area (Å²) in [6.45, 7) is 6.67. The van der Waals surface area contributed by atoms with Crippen molar-refractivity contribution in [1.29, 1.82) is 0 Å². The highest BCUT2D eigenvalue weighted by Crippen LogP contribution is 2.29. The number of aromatic amines is 1. The van der Waals surface area contributed by atoms with E-state index in [-0.39, 0.29) is 5.56 Å². The van der Waals surface area contributed by atoms with Crippen LogP contribution in [0.4, 0.5) is 0 Å². The molecule has 1 aliphatic heterocycles. The minimum Gasteiger partial charge on any atom is -0.497 e. The fraction of sp³-hybridized carbons (Fsp3) is 0.455. The summed E-state index contributed by atoms with van der Waals surface area (Å²) in [5.74, 6) is 1.96. The fourth-order valence-electron chi connectivity index (χ4n) is 4.25. The third-order valence-corrected chi connectivity index (χ3v) is 5.82. The summed E-state index contributed by atoms with van der Waals surface area (Å²) in [5, 5.41) is 3.30. The summed E-state index contributed by atoms with van der Waals surface area (Å²) in [6.07, 6.45) is 1.73. The van der Waals surface area contributed by atoms with Crippen LogP contribution in [0, 0.1) is 6.92 Å². The zero-order valence-corrected chi connectivity index (χ0v) is 17.5. The van der Waals surface area contributed by atoms with Gasteiger partial charge in [-0.15, -0.1) is 0 Å².